The summed E-state index contributed by atoms with van der Waals surface area (Å²) >= 11 is 0. The van der Waals surface area contributed by atoms with Gasteiger partial charge in [-0.15, -0.1) is 0 Å². The maximum absolute atomic E-state index is 16.0. The van der Waals surface area contributed by atoms with Crippen LogP contribution in [0.15, 0.2) is 35.4 Å². The van der Waals surface area contributed by atoms with E-state index in [0.717, 1.165) is 64.8 Å². The highest BCUT2D eigenvalue weighted by Crippen LogP contribution is 2.44. The van der Waals surface area contributed by atoms with E-state index in [9.17, 15) is 4.79 Å². The first-order valence-corrected chi connectivity index (χ1v) is 17.2. The molecule has 0 radical (unpaired) electrons. The molecule has 8 nitrogen and oxygen atoms in total. The van der Waals surface area contributed by atoms with Gasteiger partial charge >= 0.3 is 0 Å². The molecule has 3 aromatic rings. The second-order valence-electron chi connectivity index (χ2n) is 13.6. The van der Waals surface area contributed by atoms with Gasteiger partial charge in [0.2, 0.25) is 0 Å². The average molecular weight is 640 g/mol. The highest BCUT2D eigenvalue weighted by Gasteiger charge is 2.45. The van der Waals surface area contributed by atoms with Crippen molar-refractivity contribution in [3.63, 3.8) is 0 Å². The van der Waals surface area contributed by atoms with Crippen molar-refractivity contribution in [1.29, 1.82) is 0 Å². The number of piperidine rings is 1. The summed E-state index contributed by atoms with van der Waals surface area (Å²) in [5.41, 5.74) is 0.691. The number of halogens is 3. The van der Waals surface area contributed by atoms with Gasteiger partial charge in [0.25, 0.3) is 11.5 Å². The molecule has 2 aromatic heterocycles. The lowest BCUT2D eigenvalue weighted by Gasteiger charge is -2.38. The van der Waals surface area contributed by atoms with E-state index >= 15 is 13.2 Å². The van der Waals surface area contributed by atoms with E-state index in [1.54, 1.807) is 17.6 Å². The van der Waals surface area contributed by atoms with Crippen molar-refractivity contribution in [1.82, 2.24) is 24.3 Å². The van der Waals surface area contributed by atoms with E-state index in [-0.39, 0.29) is 11.1 Å². The molecule has 250 valence electrons. The summed E-state index contributed by atoms with van der Waals surface area (Å²) in [6, 6.07) is 5.95. The van der Waals surface area contributed by atoms with Crippen molar-refractivity contribution in [3.8, 4) is 0 Å². The van der Waals surface area contributed by atoms with E-state index in [1.807, 2.05) is 6.07 Å². The molecule has 1 N–H and O–H groups in total. The lowest BCUT2D eigenvalue weighted by molar-refractivity contribution is -0.0880. The van der Waals surface area contributed by atoms with Gasteiger partial charge in [0, 0.05) is 50.2 Å². The molecule has 4 aliphatic heterocycles. The van der Waals surface area contributed by atoms with Crippen LogP contribution < -0.4 is 15.8 Å². The van der Waals surface area contributed by atoms with Crippen LogP contribution in [0.3, 0.4) is 0 Å². The summed E-state index contributed by atoms with van der Waals surface area (Å²) in [5, 5.41) is 3.97. The number of nitrogens with zero attached hydrogens (tertiary/aromatic N) is 6. The molecule has 0 amide bonds. The Morgan fingerprint density at radius 2 is 1.61 bits per heavy atom. The molecule has 0 spiro atoms. The zero-order chi connectivity index (χ0) is 32.4. The molecule has 1 aromatic carbocycles. The van der Waals surface area contributed by atoms with Crippen molar-refractivity contribution in [3.05, 3.63) is 57.9 Å². The Kier molecular flexibility index (Phi) is 9.89. The summed E-state index contributed by atoms with van der Waals surface area (Å²) in [4.78, 5) is 29.9. The van der Waals surface area contributed by atoms with Crippen LogP contribution in [0, 0.1) is 11.7 Å². The number of aryl methyl sites for hydroxylation is 1. The minimum atomic E-state index is -3.27. The number of nitrogens with one attached hydrogen (secondary N) is 1. The van der Waals surface area contributed by atoms with Gasteiger partial charge in [-0.1, -0.05) is 37.5 Å². The van der Waals surface area contributed by atoms with Crippen molar-refractivity contribution in [2.24, 2.45) is 5.92 Å². The summed E-state index contributed by atoms with van der Waals surface area (Å²) in [6.07, 6.45) is 7.06. The molecule has 4 aliphatic rings. The smallest absolute Gasteiger partial charge is 0.278 e. The first-order chi connectivity index (χ1) is 22.1. The standard InChI is InChI=1S/C35H48F3N7O/c1-24(2)43-18-20-44(21-19-43)30-22-28-32-39-23-40-33(28)45(34(30)46)15-8-6-4-5-7-14-42-16-12-26(13-17-42)35(37,38)29-11-9-10-27(31(29)36)25(3)41-32/h9-11,22-26H,4-8,12-21H2,1-3H3,(H,39,40,41)/t25-/m0/s1. The Labute approximate surface area is 270 Å². The predicted molar refractivity (Wildman–Crippen MR) is 177 cm³/mol. The first kappa shape index (κ1) is 32.7. The van der Waals surface area contributed by atoms with Crippen molar-refractivity contribution in [2.75, 3.05) is 56.0 Å². The lowest BCUT2D eigenvalue weighted by atomic mass is 9.85. The van der Waals surface area contributed by atoms with Gasteiger partial charge in [0.1, 0.15) is 29.3 Å². The zero-order valence-corrected chi connectivity index (χ0v) is 27.5. The fourth-order valence-electron chi connectivity index (χ4n) is 7.49. The Morgan fingerprint density at radius 3 is 2.33 bits per heavy atom. The highest BCUT2D eigenvalue weighted by molar-refractivity contribution is 5.89. The van der Waals surface area contributed by atoms with Gasteiger partial charge in [-0.25, -0.2) is 23.1 Å². The number of rotatable bonds is 2. The number of aromatic nitrogens is 3. The van der Waals surface area contributed by atoms with Crippen LogP contribution in [0.2, 0.25) is 0 Å². The minimum Gasteiger partial charge on any atom is -0.364 e. The summed E-state index contributed by atoms with van der Waals surface area (Å²) < 4.78 is 49.6. The average Bonchev–Trinajstić information content (AvgIpc) is 3.05. The fourth-order valence-corrected chi connectivity index (χ4v) is 7.49. The number of alkyl halides is 2. The number of fused-ring (bicyclic) bond motifs is 9. The molecular weight excluding hydrogens is 591 g/mol. The van der Waals surface area contributed by atoms with Crippen LogP contribution >= 0.6 is 0 Å². The van der Waals surface area contributed by atoms with Crippen LogP contribution in [0.25, 0.3) is 11.0 Å². The quantitative estimate of drug-likeness (QED) is 0.348. The molecule has 0 unspecified atom stereocenters. The van der Waals surface area contributed by atoms with Gasteiger partial charge in [0.15, 0.2) is 0 Å². The molecule has 46 heavy (non-hydrogen) atoms. The second kappa shape index (κ2) is 13.9. The van der Waals surface area contributed by atoms with Gasteiger partial charge in [-0.3, -0.25) is 14.3 Å². The molecule has 2 fully saturated rings. The largest absolute Gasteiger partial charge is 0.364 e. The molecular formula is C35H48F3N7O. The number of benzene rings is 1. The van der Waals surface area contributed by atoms with Crippen LogP contribution in [-0.4, -0.2) is 76.2 Å². The molecule has 1 atom stereocenters. The van der Waals surface area contributed by atoms with Gasteiger partial charge in [-0.2, -0.15) is 0 Å². The van der Waals surface area contributed by atoms with Crippen molar-refractivity contribution < 1.29 is 13.2 Å². The van der Waals surface area contributed by atoms with Crippen molar-refractivity contribution in [2.45, 2.75) is 90.3 Å². The molecule has 11 heteroatoms. The summed E-state index contributed by atoms with van der Waals surface area (Å²) in [7, 11) is 0. The lowest BCUT2D eigenvalue weighted by Crippen LogP contribution is -2.50. The molecule has 0 aliphatic carbocycles. The molecule has 6 heterocycles. The van der Waals surface area contributed by atoms with Crippen LogP contribution in [0.5, 0.6) is 0 Å². The number of hydrogen-bond acceptors (Lipinski definition) is 7. The number of pyridine rings is 1. The number of hydrogen-bond donors (Lipinski definition) is 1. The Hall–Kier alpha value is -3.18. The monoisotopic (exact) mass is 639 g/mol. The van der Waals surface area contributed by atoms with E-state index in [2.05, 4.69) is 43.8 Å². The summed E-state index contributed by atoms with van der Waals surface area (Å²) in [5.74, 6) is -4.59. The van der Waals surface area contributed by atoms with E-state index in [1.165, 1.54) is 18.5 Å². The molecule has 0 saturated carbocycles. The van der Waals surface area contributed by atoms with E-state index in [4.69, 9.17) is 0 Å². The van der Waals surface area contributed by atoms with Crippen LogP contribution in [0.4, 0.5) is 24.7 Å². The molecule has 7 rings (SSSR count). The fraction of sp³-hybridized carbons (Fsp3) is 0.629. The third-order valence-electron chi connectivity index (χ3n) is 10.4. The Bertz CT molecular complexity index is 1560. The topological polar surface area (TPSA) is 69.5 Å². The third kappa shape index (κ3) is 6.63. The molecule has 2 saturated heterocycles. The second-order valence-corrected chi connectivity index (χ2v) is 13.6. The number of anilines is 2. The van der Waals surface area contributed by atoms with Gasteiger partial charge in [0.05, 0.1) is 17.0 Å². The predicted octanol–water partition coefficient (Wildman–Crippen LogP) is 6.40. The normalized spacial score (nSPS) is 25.0. The van der Waals surface area contributed by atoms with E-state index in [0.29, 0.717) is 61.1 Å². The number of piperazine rings is 1. The van der Waals surface area contributed by atoms with E-state index < -0.39 is 29.3 Å². The van der Waals surface area contributed by atoms with Gasteiger partial charge in [-0.05, 0) is 72.2 Å². The maximum atomic E-state index is 16.0. The maximum Gasteiger partial charge on any atom is 0.278 e. The van der Waals surface area contributed by atoms with Crippen molar-refractivity contribution >= 4 is 22.5 Å². The van der Waals surface area contributed by atoms with Gasteiger partial charge < -0.3 is 15.1 Å². The molecule has 8 bridgehead atoms. The van der Waals surface area contributed by atoms with Crippen LogP contribution in [-0.2, 0) is 12.5 Å². The Morgan fingerprint density at radius 1 is 0.913 bits per heavy atom. The SMILES string of the molecule is CC(C)N1CCN(c2cc3c4ncnc3n(c2=O)CCCCCCCN2CCC(CC2)C(F)(F)c2cccc(c2F)[C@H](C)N4)CC1. The highest BCUT2D eigenvalue weighted by atomic mass is 19.3. The van der Waals surface area contributed by atoms with Crippen LogP contribution in [0.1, 0.15) is 82.9 Å². The minimum absolute atomic E-state index is 0.0637. The zero-order valence-electron chi connectivity index (χ0n) is 27.5. The first-order valence-electron chi connectivity index (χ1n) is 17.2. The third-order valence-corrected chi connectivity index (χ3v) is 10.4. The Balaban J connectivity index is 1.39. The summed E-state index contributed by atoms with van der Waals surface area (Å²) in [6.45, 7) is 12.0.